The molecule has 0 unspecified atom stereocenters. The van der Waals surface area contributed by atoms with Gasteiger partial charge in [-0.1, -0.05) is 36.8 Å². The second-order valence-electron chi connectivity index (χ2n) is 7.74. The van der Waals surface area contributed by atoms with E-state index in [0.29, 0.717) is 18.0 Å². The van der Waals surface area contributed by atoms with Crippen LogP contribution in [0.3, 0.4) is 0 Å². The van der Waals surface area contributed by atoms with Crippen molar-refractivity contribution in [2.75, 3.05) is 6.54 Å². The Morgan fingerprint density at radius 3 is 2.73 bits per heavy atom. The van der Waals surface area contributed by atoms with Crippen LogP contribution in [-0.2, 0) is 13.0 Å². The highest BCUT2D eigenvalue weighted by Gasteiger charge is 2.20. The van der Waals surface area contributed by atoms with Gasteiger partial charge < -0.3 is 15.6 Å². The summed E-state index contributed by atoms with van der Waals surface area (Å²) in [7, 11) is 0. The van der Waals surface area contributed by atoms with Gasteiger partial charge in [0.15, 0.2) is 5.65 Å². The van der Waals surface area contributed by atoms with E-state index in [0.717, 1.165) is 49.8 Å². The molecule has 3 aromatic rings. The minimum Gasteiger partial charge on any atom is -0.352 e. The zero-order chi connectivity index (χ0) is 19.3. The number of carbonyl (C=O) groups excluding carboxylic acids is 1. The number of imidazole rings is 1. The van der Waals surface area contributed by atoms with Gasteiger partial charge in [-0.3, -0.25) is 4.79 Å². The molecule has 3 N–H and O–H groups in total. The molecule has 0 spiro atoms. The van der Waals surface area contributed by atoms with Gasteiger partial charge in [-0.2, -0.15) is 0 Å². The average molecular weight is 450 g/mol. The number of amides is 1. The third kappa shape index (κ3) is 5.94. The molecule has 2 heterocycles. The number of aryl methyl sites for hydroxylation is 2. The second kappa shape index (κ2) is 11.3. The zero-order valence-electron chi connectivity index (χ0n) is 16.9. The highest BCUT2D eigenvalue weighted by Crippen LogP contribution is 2.22. The van der Waals surface area contributed by atoms with Gasteiger partial charge in [0.2, 0.25) is 0 Å². The van der Waals surface area contributed by atoms with E-state index < -0.39 is 0 Å². The Hall–Kier alpha value is -2.15. The number of halogens is 2. The minimum atomic E-state index is -0.0904. The Morgan fingerprint density at radius 2 is 1.97 bits per heavy atom. The van der Waals surface area contributed by atoms with Crippen LogP contribution in [0.25, 0.3) is 11.2 Å². The number of nitrogens with two attached hydrogens (primary N) is 1. The third-order valence-corrected chi connectivity index (χ3v) is 5.58. The Kier molecular flexibility index (Phi) is 9.08. The maximum absolute atomic E-state index is 12.5. The molecule has 30 heavy (non-hydrogen) atoms. The average Bonchev–Trinajstić information content (AvgIpc) is 3.13. The van der Waals surface area contributed by atoms with Crippen LogP contribution >= 0.6 is 24.8 Å². The van der Waals surface area contributed by atoms with Crippen molar-refractivity contribution in [3.05, 3.63) is 60.0 Å². The van der Waals surface area contributed by atoms with Gasteiger partial charge in [0.1, 0.15) is 5.52 Å². The zero-order valence-corrected chi connectivity index (χ0v) is 18.5. The molecule has 0 aliphatic heterocycles. The molecule has 8 heteroatoms. The van der Waals surface area contributed by atoms with Gasteiger partial charge in [-0.05, 0) is 43.2 Å². The molecule has 0 radical (unpaired) electrons. The van der Waals surface area contributed by atoms with Gasteiger partial charge >= 0.3 is 0 Å². The van der Waals surface area contributed by atoms with E-state index in [4.69, 9.17) is 5.73 Å². The van der Waals surface area contributed by atoms with Crippen LogP contribution < -0.4 is 11.1 Å². The highest BCUT2D eigenvalue weighted by molar-refractivity contribution is 5.96. The molecule has 0 bridgehead atoms. The fraction of sp³-hybridized carbons (Fsp3) is 0.409. The van der Waals surface area contributed by atoms with E-state index in [1.807, 2.05) is 28.8 Å². The quantitative estimate of drug-likeness (QED) is 0.599. The minimum absolute atomic E-state index is 0. The molecule has 4 rings (SSSR count). The number of rotatable bonds is 6. The third-order valence-electron chi connectivity index (χ3n) is 5.58. The summed E-state index contributed by atoms with van der Waals surface area (Å²) in [4.78, 5) is 21.5. The largest absolute Gasteiger partial charge is 0.352 e. The topological polar surface area (TPSA) is 85.8 Å². The molecule has 162 valence electrons. The van der Waals surface area contributed by atoms with E-state index >= 15 is 0 Å². The maximum Gasteiger partial charge on any atom is 0.252 e. The van der Waals surface area contributed by atoms with Crippen LogP contribution in [0.4, 0.5) is 0 Å². The Labute approximate surface area is 189 Å². The summed E-state index contributed by atoms with van der Waals surface area (Å²) in [6.07, 6.45) is 8.73. The number of hydrogen-bond acceptors (Lipinski definition) is 4. The molecule has 6 nitrogen and oxygen atoms in total. The van der Waals surface area contributed by atoms with Crippen LogP contribution in [0, 0.1) is 5.92 Å². The molecular formula is C22H29Cl2N5O. The van der Waals surface area contributed by atoms with Crippen molar-refractivity contribution in [2.24, 2.45) is 11.7 Å². The molecule has 1 aromatic carbocycles. The van der Waals surface area contributed by atoms with Crippen LogP contribution in [0.2, 0.25) is 0 Å². The first-order valence-electron chi connectivity index (χ1n) is 10.1. The lowest BCUT2D eigenvalue weighted by Gasteiger charge is -2.26. The number of nitrogens with zero attached hydrogens (tertiary/aromatic N) is 3. The summed E-state index contributed by atoms with van der Waals surface area (Å²) >= 11 is 0. The van der Waals surface area contributed by atoms with E-state index in [2.05, 4.69) is 27.4 Å². The SMILES string of the molecule is Cl.Cl.N[C@H]1CCC[C@@H](CNC(=O)c2cnc3c(c2)ncn3CCc2ccccc2)C1. The van der Waals surface area contributed by atoms with Crippen molar-refractivity contribution in [3.63, 3.8) is 0 Å². The van der Waals surface area contributed by atoms with Crippen molar-refractivity contribution in [3.8, 4) is 0 Å². The van der Waals surface area contributed by atoms with Gasteiger partial charge in [-0.25, -0.2) is 9.97 Å². The number of pyridine rings is 1. The first-order chi connectivity index (χ1) is 13.7. The number of benzene rings is 1. The van der Waals surface area contributed by atoms with Crippen molar-refractivity contribution < 1.29 is 4.79 Å². The molecule has 2 aromatic heterocycles. The lowest BCUT2D eigenvalue weighted by Crippen LogP contribution is -2.35. The van der Waals surface area contributed by atoms with E-state index in [-0.39, 0.29) is 36.8 Å². The molecule has 0 saturated heterocycles. The Bertz CT molecular complexity index is 947. The highest BCUT2D eigenvalue weighted by atomic mass is 35.5. The van der Waals surface area contributed by atoms with Crippen molar-refractivity contribution >= 4 is 41.9 Å². The summed E-state index contributed by atoms with van der Waals surface area (Å²) in [5, 5.41) is 3.04. The van der Waals surface area contributed by atoms with Crippen LogP contribution in [0.5, 0.6) is 0 Å². The fourth-order valence-corrected chi connectivity index (χ4v) is 3.99. The van der Waals surface area contributed by atoms with Gasteiger partial charge in [0.25, 0.3) is 5.91 Å². The summed E-state index contributed by atoms with van der Waals surface area (Å²) in [6, 6.07) is 12.4. The number of hydrogen-bond donors (Lipinski definition) is 2. The molecule has 1 aliphatic carbocycles. The summed E-state index contributed by atoms with van der Waals surface area (Å²) in [5.41, 5.74) is 9.43. The summed E-state index contributed by atoms with van der Waals surface area (Å²) in [5.74, 6) is 0.383. The maximum atomic E-state index is 12.5. The Morgan fingerprint density at radius 1 is 1.17 bits per heavy atom. The first kappa shape index (κ1) is 24.1. The number of aromatic nitrogens is 3. The fourth-order valence-electron chi connectivity index (χ4n) is 3.99. The van der Waals surface area contributed by atoms with E-state index in [1.54, 1.807) is 12.5 Å². The number of carbonyl (C=O) groups is 1. The molecule has 1 saturated carbocycles. The van der Waals surface area contributed by atoms with Crippen molar-refractivity contribution in [1.29, 1.82) is 0 Å². The summed E-state index contributed by atoms with van der Waals surface area (Å²) in [6.45, 7) is 1.48. The smallest absolute Gasteiger partial charge is 0.252 e. The van der Waals surface area contributed by atoms with E-state index in [1.165, 1.54) is 5.56 Å². The van der Waals surface area contributed by atoms with Gasteiger partial charge in [0, 0.05) is 25.3 Å². The Balaban J connectivity index is 0.00000160. The molecule has 1 aliphatic rings. The molecule has 1 fully saturated rings. The van der Waals surface area contributed by atoms with Gasteiger partial charge in [-0.15, -0.1) is 24.8 Å². The molecule has 1 amide bonds. The summed E-state index contributed by atoms with van der Waals surface area (Å²) < 4.78 is 2.04. The van der Waals surface area contributed by atoms with Crippen LogP contribution in [0.15, 0.2) is 48.9 Å². The van der Waals surface area contributed by atoms with Crippen molar-refractivity contribution in [2.45, 2.75) is 44.7 Å². The predicted molar refractivity (Wildman–Crippen MR) is 124 cm³/mol. The molecule has 2 atom stereocenters. The lowest BCUT2D eigenvalue weighted by molar-refractivity contribution is 0.0942. The van der Waals surface area contributed by atoms with E-state index in [9.17, 15) is 4.79 Å². The lowest BCUT2D eigenvalue weighted by atomic mass is 9.86. The number of nitrogens with one attached hydrogen (secondary N) is 1. The standard InChI is InChI=1S/C22H27N5O.2ClH/c23-19-8-4-7-17(11-19)13-25-22(28)18-12-20-21(24-14-18)27(15-26-20)10-9-16-5-2-1-3-6-16;;/h1-3,5-6,12,14-15,17,19H,4,7-11,13,23H2,(H,25,28);2*1H/t17-,19+;;/m1../s1. The normalized spacial score (nSPS) is 18.3. The van der Waals surface area contributed by atoms with Gasteiger partial charge in [0.05, 0.1) is 11.9 Å². The molecular weight excluding hydrogens is 421 g/mol. The number of fused-ring (bicyclic) bond motifs is 1. The second-order valence-corrected chi connectivity index (χ2v) is 7.74. The van der Waals surface area contributed by atoms with Crippen LogP contribution in [0.1, 0.15) is 41.6 Å². The monoisotopic (exact) mass is 449 g/mol. The first-order valence-corrected chi connectivity index (χ1v) is 10.1. The van der Waals surface area contributed by atoms with Crippen LogP contribution in [-0.4, -0.2) is 33.0 Å². The van der Waals surface area contributed by atoms with Crippen molar-refractivity contribution in [1.82, 2.24) is 19.9 Å². The predicted octanol–water partition coefficient (Wildman–Crippen LogP) is 3.76.